The topological polar surface area (TPSA) is 73.7 Å². The number of benzene rings is 2. The summed E-state index contributed by atoms with van der Waals surface area (Å²) in [5.41, 5.74) is 0.859. The quantitative estimate of drug-likeness (QED) is 0.544. The molecule has 0 radical (unpaired) electrons. The molecule has 3 aromatic rings. The van der Waals surface area contributed by atoms with Crippen molar-refractivity contribution in [3.05, 3.63) is 70.7 Å². The van der Waals surface area contributed by atoms with E-state index in [1.54, 1.807) is 24.4 Å². The number of fused-ring (bicyclic) bond motifs is 1. The Morgan fingerprint density at radius 3 is 2.50 bits per heavy atom. The van der Waals surface area contributed by atoms with Crippen LogP contribution in [0.3, 0.4) is 0 Å². The average Bonchev–Trinajstić information content (AvgIpc) is 3.06. The maximum atomic E-state index is 14.1. The molecule has 0 saturated heterocycles. The Balaban J connectivity index is 1.85. The third kappa shape index (κ3) is 4.82. The van der Waals surface area contributed by atoms with Gasteiger partial charge in [-0.2, -0.15) is 18.4 Å². The molecule has 4 nitrogen and oxygen atoms in total. The summed E-state index contributed by atoms with van der Waals surface area (Å²) in [6, 6.07) is 9.66. The molecule has 0 aliphatic carbocycles. The van der Waals surface area contributed by atoms with Crippen molar-refractivity contribution in [3.8, 4) is 6.07 Å². The fraction of sp³-hybridized carbons (Fsp3) is 0.286. The molecule has 9 heteroatoms. The Morgan fingerprint density at radius 2 is 1.90 bits per heavy atom. The van der Waals surface area contributed by atoms with Crippen molar-refractivity contribution in [1.29, 1.82) is 5.26 Å². The van der Waals surface area contributed by atoms with Crippen LogP contribution in [-0.2, 0) is 28.2 Å². The second kappa shape index (κ2) is 8.11. The number of aromatic nitrogens is 1. The second-order valence-electron chi connectivity index (χ2n) is 7.18. The first kappa shape index (κ1) is 21.8. The highest BCUT2D eigenvalue weighted by atomic mass is 32.2. The van der Waals surface area contributed by atoms with E-state index in [-0.39, 0.29) is 24.2 Å². The van der Waals surface area contributed by atoms with Gasteiger partial charge in [0.2, 0.25) is 0 Å². The minimum absolute atomic E-state index is 0.0813. The van der Waals surface area contributed by atoms with Gasteiger partial charge in [-0.05, 0) is 41.7 Å². The van der Waals surface area contributed by atoms with Crippen LogP contribution < -0.4 is 0 Å². The highest BCUT2D eigenvalue weighted by molar-refractivity contribution is 7.89. The summed E-state index contributed by atoms with van der Waals surface area (Å²) in [5, 5.41) is 10.3. The number of rotatable bonds is 6. The van der Waals surface area contributed by atoms with Crippen molar-refractivity contribution >= 4 is 20.7 Å². The number of H-pyrrole nitrogens is 1. The lowest BCUT2D eigenvalue weighted by Gasteiger charge is -2.11. The lowest BCUT2D eigenvalue weighted by molar-refractivity contribution is -0.137. The van der Waals surface area contributed by atoms with E-state index >= 15 is 0 Å². The summed E-state index contributed by atoms with van der Waals surface area (Å²) in [4.78, 5) is 3.01. The number of hydrogen-bond donors (Lipinski definition) is 1. The van der Waals surface area contributed by atoms with Gasteiger partial charge in [-0.25, -0.2) is 12.8 Å². The van der Waals surface area contributed by atoms with Crippen molar-refractivity contribution in [2.24, 2.45) is 0 Å². The molecule has 1 unspecified atom stereocenters. The molecule has 0 aliphatic rings. The minimum Gasteiger partial charge on any atom is -0.361 e. The standard InChI is InChI=1S/C21H18F4N2O2S/c1-30(28,29)12-15-3-2-4-17-18(11-27-20(15)17)14(10-26)6-5-13-7-8-16(9-19(13)22)21(23,24)25/h2-4,7-9,11,14,27H,5-6,12H2,1H3. The molecule has 0 aliphatic heterocycles. The van der Waals surface area contributed by atoms with E-state index in [9.17, 15) is 31.2 Å². The second-order valence-corrected chi connectivity index (χ2v) is 9.32. The van der Waals surface area contributed by atoms with Gasteiger partial charge in [0.25, 0.3) is 0 Å². The summed E-state index contributed by atoms with van der Waals surface area (Å²) in [6.07, 6.45) is -1.60. The minimum atomic E-state index is -4.62. The highest BCUT2D eigenvalue weighted by Crippen LogP contribution is 2.33. The largest absolute Gasteiger partial charge is 0.416 e. The van der Waals surface area contributed by atoms with E-state index < -0.39 is 33.3 Å². The first-order valence-corrected chi connectivity index (χ1v) is 11.1. The van der Waals surface area contributed by atoms with Crippen LogP contribution in [0.2, 0.25) is 0 Å². The fourth-order valence-electron chi connectivity index (χ4n) is 3.45. The normalized spacial score (nSPS) is 13.3. The van der Waals surface area contributed by atoms with Gasteiger partial charge in [-0.1, -0.05) is 24.3 Å². The fourth-order valence-corrected chi connectivity index (χ4v) is 4.25. The highest BCUT2D eigenvalue weighted by Gasteiger charge is 2.31. The lowest BCUT2D eigenvalue weighted by Crippen LogP contribution is -2.07. The Labute approximate surface area is 171 Å². The van der Waals surface area contributed by atoms with Gasteiger partial charge in [0, 0.05) is 23.4 Å². The molecule has 0 bridgehead atoms. The zero-order valence-corrected chi connectivity index (χ0v) is 16.7. The zero-order chi connectivity index (χ0) is 22.1. The molecule has 1 heterocycles. The summed E-state index contributed by atoms with van der Waals surface area (Å²) in [7, 11) is -3.26. The van der Waals surface area contributed by atoms with E-state index in [2.05, 4.69) is 11.1 Å². The van der Waals surface area contributed by atoms with Crippen molar-refractivity contribution < 1.29 is 26.0 Å². The summed E-state index contributed by atoms with van der Waals surface area (Å²) in [6.45, 7) is 0. The van der Waals surface area contributed by atoms with Crippen LogP contribution in [0, 0.1) is 17.1 Å². The van der Waals surface area contributed by atoms with Gasteiger partial charge in [0.15, 0.2) is 9.84 Å². The molecule has 0 amide bonds. The Kier molecular flexibility index (Phi) is 5.90. The van der Waals surface area contributed by atoms with Gasteiger partial charge in [0.05, 0.1) is 23.3 Å². The third-order valence-corrected chi connectivity index (χ3v) is 5.70. The van der Waals surface area contributed by atoms with E-state index in [4.69, 9.17) is 0 Å². The van der Waals surface area contributed by atoms with E-state index in [1.807, 2.05) is 0 Å². The number of halogens is 4. The molecule has 158 valence electrons. The Bertz CT molecular complexity index is 1220. The molecule has 0 saturated carbocycles. The first-order valence-electron chi connectivity index (χ1n) is 9.01. The number of nitriles is 1. The summed E-state index contributed by atoms with van der Waals surface area (Å²) < 4.78 is 75.4. The van der Waals surface area contributed by atoms with Crippen LogP contribution >= 0.6 is 0 Å². The number of para-hydroxylation sites is 1. The molecule has 2 aromatic carbocycles. The van der Waals surface area contributed by atoms with Crippen LogP contribution in [0.4, 0.5) is 17.6 Å². The SMILES string of the molecule is CS(=O)(=O)Cc1cccc2c(C(C#N)CCc3ccc(C(F)(F)F)cc3F)c[nH]c12. The predicted molar refractivity (Wildman–Crippen MR) is 105 cm³/mol. The molecular formula is C21H18F4N2O2S. The molecule has 1 atom stereocenters. The van der Waals surface area contributed by atoms with Crippen LogP contribution in [0.15, 0.2) is 42.6 Å². The van der Waals surface area contributed by atoms with Gasteiger partial charge in [-0.15, -0.1) is 0 Å². The molecular weight excluding hydrogens is 420 g/mol. The van der Waals surface area contributed by atoms with Crippen LogP contribution in [0.25, 0.3) is 10.9 Å². The molecule has 0 spiro atoms. The summed E-state index contributed by atoms with van der Waals surface area (Å²) in [5.74, 6) is -1.76. The number of aryl methyl sites for hydroxylation is 1. The first-order chi connectivity index (χ1) is 14.0. The maximum Gasteiger partial charge on any atom is 0.416 e. The van der Waals surface area contributed by atoms with Crippen molar-refractivity contribution in [1.82, 2.24) is 4.98 Å². The van der Waals surface area contributed by atoms with Crippen molar-refractivity contribution in [2.75, 3.05) is 6.26 Å². The lowest BCUT2D eigenvalue weighted by atomic mass is 9.92. The molecule has 3 rings (SSSR count). The van der Waals surface area contributed by atoms with E-state index in [0.29, 0.717) is 28.1 Å². The number of alkyl halides is 3. The van der Waals surface area contributed by atoms with Crippen molar-refractivity contribution in [3.63, 3.8) is 0 Å². The Hall–Kier alpha value is -2.86. The van der Waals surface area contributed by atoms with E-state index in [1.165, 1.54) is 0 Å². The average molecular weight is 438 g/mol. The maximum absolute atomic E-state index is 14.1. The van der Waals surface area contributed by atoms with Crippen LogP contribution in [0.1, 0.15) is 34.6 Å². The molecule has 1 aromatic heterocycles. The van der Waals surface area contributed by atoms with Gasteiger partial charge >= 0.3 is 6.18 Å². The number of nitrogens with one attached hydrogen (secondary N) is 1. The number of nitrogens with zero attached hydrogens (tertiary/aromatic N) is 1. The predicted octanol–water partition coefficient (Wildman–Crippen LogP) is 5.11. The van der Waals surface area contributed by atoms with Crippen LogP contribution in [-0.4, -0.2) is 19.7 Å². The van der Waals surface area contributed by atoms with Crippen LogP contribution in [0.5, 0.6) is 0 Å². The smallest absolute Gasteiger partial charge is 0.361 e. The molecule has 0 fully saturated rings. The molecule has 1 N–H and O–H groups in total. The third-order valence-electron chi connectivity index (χ3n) is 4.87. The van der Waals surface area contributed by atoms with E-state index in [0.717, 1.165) is 18.4 Å². The molecule has 30 heavy (non-hydrogen) atoms. The van der Waals surface area contributed by atoms with Crippen molar-refractivity contribution in [2.45, 2.75) is 30.7 Å². The number of sulfone groups is 1. The number of hydrogen-bond acceptors (Lipinski definition) is 3. The Morgan fingerprint density at radius 1 is 1.17 bits per heavy atom. The summed E-state index contributed by atoms with van der Waals surface area (Å²) >= 11 is 0. The zero-order valence-electron chi connectivity index (χ0n) is 15.9. The number of aromatic amines is 1. The van der Waals surface area contributed by atoms with Gasteiger partial charge in [-0.3, -0.25) is 0 Å². The monoisotopic (exact) mass is 438 g/mol. The van der Waals surface area contributed by atoms with Gasteiger partial charge < -0.3 is 4.98 Å². The van der Waals surface area contributed by atoms with Gasteiger partial charge in [0.1, 0.15) is 5.82 Å².